The number of benzene rings is 3. The molecule has 0 spiro atoms. The Hall–Kier alpha value is -4.04. The van der Waals surface area contributed by atoms with E-state index in [9.17, 15) is 27.9 Å². The highest BCUT2D eigenvalue weighted by Gasteiger charge is 2.46. The van der Waals surface area contributed by atoms with Gasteiger partial charge in [-0.3, -0.25) is 14.5 Å². The van der Waals surface area contributed by atoms with Crippen LogP contribution < -0.4 is 4.90 Å². The molecule has 0 fully saturated rings. The lowest BCUT2D eigenvalue weighted by Gasteiger charge is -2.27. The normalized spacial score (nSPS) is 16.1. The number of furan rings is 1. The molecule has 0 aliphatic carbocycles. The second-order valence-electron chi connectivity index (χ2n) is 7.61. The fourth-order valence-corrected chi connectivity index (χ4v) is 4.16. The molecule has 9 heteroatoms. The smallest absolute Gasteiger partial charge is 0.294 e. The summed E-state index contributed by atoms with van der Waals surface area (Å²) in [5.74, 6) is -5.58. The number of carbonyl (C=O) groups is 2. The van der Waals surface area contributed by atoms with Gasteiger partial charge in [-0.2, -0.15) is 0 Å². The van der Waals surface area contributed by atoms with Crippen LogP contribution in [-0.4, -0.2) is 16.8 Å². The van der Waals surface area contributed by atoms with E-state index in [4.69, 9.17) is 16.0 Å². The number of aliphatic hydroxyl groups excluding tert-OH is 1. The van der Waals surface area contributed by atoms with Crippen molar-refractivity contribution in [3.05, 3.63) is 112 Å². The van der Waals surface area contributed by atoms with E-state index in [1.54, 1.807) is 18.2 Å². The molecule has 1 aromatic heterocycles. The van der Waals surface area contributed by atoms with Crippen molar-refractivity contribution in [1.82, 2.24) is 0 Å². The molecule has 1 atom stereocenters. The molecule has 2 heterocycles. The van der Waals surface area contributed by atoms with E-state index >= 15 is 0 Å². The number of hydrogen-bond donors (Lipinski definition) is 1. The van der Waals surface area contributed by atoms with E-state index < -0.39 is 46.5 Å². The van der Waals surface area contributed by atoms with Gasteiger partial charge < -0.3 is 9.52 Å². The van der Waals surface area contributed by atoms with Crippen molar-refractivity contribution >= 4 is 39.9 Å². The molecule has 3 aromatic carbocycles. The van der Waals surface area contributed by atoms with Gasteiger partial charge in [0.2, 0.25) is 5.78 Å². The quantitative estimate of drug-likeness (QED) is 0.346. The third-order valence-corrected chi connectivity index (χ3v) is 5.74. The predicted octanol–water partition coefficient (Wildman–Crippen LogP) is 6.29. The molecular formula is C25H13ClF3NO4. The van der Waals surface area contributed by atoms with Crippen molar-refractivity contribution in [2.24, 2.45) is 0 Å². The summed E-state index contributed by atoms with van der Waals surface area (Å²) >= 11 is 5.99. The molecule has 0 saturated heterocycles. The van der Waals surface area contributed by atoms with Crippen LogP contribution in [0.15, 0.2) is 82.5 Å². The average Bonchev–Trinajstić information content (AvgIpc) is 3.33. The minimum Gasteiger partial charge on any atom is -0.503 e. The standard InChI is InChI=1S/C25H13ClF3NO4/c26-14-3-8-19-13(9-14)10-20(34-19)23(31)21-22(12-1-4-15(27)5-2-12)30(25(33)24(21)32)18-7-6-16(28)11-17(18)29/h1-11,22,32H. The maximum Gasteiger partial charge on any atom is 0.294 e. The number of hydrogen-bond acceptors (Lipinski definition) is 4. The molecule has 1 aliphatic rings. The monoisotopic (exact) mass is 483 g/mol. The van der Waals surface area contributed by atoms with Crippen molar-refractivity contribution < 1.29 is 32.3 Å². The van der Waals surface area contributed by atoms with Gasteiger partial charge >= 0.3 is 0 Å². The molecule has 1 unspecified atom stereocenters. The fourth-order valence-electron chi connectivity index (χ4n) is 3.98. The Labute approximate surface area is 195 Å². The van der Waals surface area contributed by atoms with Crippen LogP contribution in [0.5, 0.6) is 0 Å². The van der Waals surface area contributed by atoms with Gasteiger partial charge in [0.1, 0.15) is 23.0 Å². The second kappa shape index (κ2) is 8.07. The second-order valence-corrected chi connectivity index (χ2v) is 8.05. The van der Waals surface area contributed by atoms with E-state index in [0.29, 0.717) is 22.1 Å². The first kappa shape index (κ1) is 21.8. The van der Waals surface area contributed by atoms with E-state index in [-0.39, 0.29) is 17.0 Å². The summed E-state index contributed by atoms with van der Waals surface area (Å²) in [7, 11) is 0. The molecule has 0 bridgehead atoms. The molecule has 0 saturated carbocycles. The number of Topliss-reactive ketones (excluding diaryl/α,β-unsaturated/α-hetero) is 1. The van der Waals surface area contributed by atoms with Crippen LogP contribution >= 0.6 is 11.6 Å². The van der Waals surface area contributed by atoms with Gasteiger partial charge in [0.25, 0.3) is 5.91 Å². The van der Waals surface area contributed by atoms with Crippen molar-refractivity contribution in [2.45, 2.75) is 6.04 Å². The third kappa shape index (κ3) is 3.52. The SMILES string of the molecule is O=C(C1=C(O)C(=O)N(c2ccc(F)cc2F)C1c1ccc(F)cc1)c1cc2cc(Cl)ccc2o1. The van der Waals surface area contributed by atoms with E-state index in [2.05, 4.69) is 0 Å². The van der Waals surface area contributed by atoms with E-state index in [0.717, 1.165) is 29.2 Å². The number of ketones is 1. The maximum atomic E-state index is 14.7. The number of amides is 1. The van der Waals surface area contributed by atoms with Gasteiger partial charge in [0.15, 0.2) is 11.5 Å². The van der Waals surface area contributed by atoms with E-state index in [1.807, 2.05) is 0 Å². The molecule has 5 rings (SSSR count). The summed E-state index contributed by atoms with van der Waals surface area (Å²) in [5, 5.41) is 11.6. The Balaban J connectivity index is 1.67. The number of aliphatic hydroxyl groups is 1. The lowest BCUT2D eigenvalue weighted by Crippen LogP contribution is -2.31. The minimum absolute atomic E-state index is 0.194. The van der Waals surface area contributed by atoms with Crippen LogP contribution in [0.1, 0.15) is 22.2 Å². The Morgan fingerprint density at radius 2 is 1.65 bits per heavy atom. The van der Waals surface area contributed by atoms with Gasteiger partial charge in [0.05, 0.1) is 17.3 Å². The number of halogens is 4. The topological polar surface area (TPSA) is 70.8 Å². The molecule has 1 amide bonds. The lowest BCUT2D eigenvalue weighted by molar-refractivity contribution is -0.117. The van der Waals surface area contributed by atoms with Gasteiger partial charge in [-0.05, 0) is 54.1 Å². The number of fused-ring (bicyclic) bond motifs is 1. The van der Waals surface area contributed by atoms with E-state index in [1.165, 1.54) is 18.2 Å². The molecule has 34 heavy (non-hydrogen) atoms. The van der Waals surface area contributed by atoms with Crippen molar-refractivity contribution in [1.29, 1.82) is 0 Å². The summed E-state index contributed by atoms with van der Waals surface area (Å²) in [6, 6.07) is 12.1. The van der Waals surface area contributed by atoms with Crippen LogP contribution in [-0.2, 0) is 4.79 Å². The Morgan fingerprint density at radius 1 is 0.941 bits per heavy atom. The summed E-state index contributed by atoms with van der Waals surface area (Å²) in [4.78, 5) is 27.3. The number of anilines is 1. The van der Waals surface area contributed by atoms with Gasteiger partial charge in [0, 0.05) is 16.5 Å². The molecule has 0 radical (unpaired) electrons. The van der Waals surface area contributed by atoms with Crippen LogP contribution in [0.2, 0.25) is 5.02 Å². The number of nitrogens with zero attached hydrogens (tertiary/aromatic N) is 1. The van der Waals surface area contributed by atoms with Crippen LogP contribution in [0.4, 0.5) is 18.9 Å². The Morgan fingerprint density at radius 3 is 2.35 bits per heavy atom. The van der Waals surface area contributed by atoms with Crippen LogP contribution in [0.3, 0.4) is 0 Å². The van der Waals surface area contributed by atoms with Crippen LogP contribution in [0.25, 0.3) is 11.0 Å². The van der Waals surface area contributed by atoms with Crippen molar-refractivity contribution in [3.8, 4) is 0 Å². The number of rotatable bonds is 4. The molecule has 170 valence electrons. The third-order valence-electron chi connectivity index (χ3n) is 5.51. The Kier molecular flexibility index (Phi) is 5.17. The molecule has 1 aliphatic heterocycles. The van der Waals surface area contributed by atoms with Crippen molar-refractivity contribution in [2.75, 3.05) is 4.90 Å². The summed E-state index contributed by atoms with van der Waals surface area (Å²) < 4.78 is 47.4. The highest BCUT2D eigenvalue weighted by molar-refractivity contribution is 6.31. The first-order valence-electron chi connectivity index (χ1n) is 9.95. The Bertz CT molecular complexity index is 1510. The lowest BCUT2D eigenvalue weighted by atomic mass is 9.94. The largest absolute Gasteiger partial charge is 0.503 e. The summed E-state index contributed by atoms with van der Waals surface area (Å²) in [5.41, 5.74) is -0.209. The molecule has 5 nitrogen and oxygen atoms in total. The first-order chi connectivity index (χ1) is 16.2. The highest BCUT2D eigenvalue weighted by Crippen LogP contribution is 2.43. The molecular weight excluding hydrogens is 471 g/mol. The maximum absolute atomic E-state index is 14.7. The zero-order valence-electron chi connectivity index (χ0n) is 17.1. The number of carbonyl (C=O) groups excluding carboxylic acids is 2. The summed E-state index contributed by atoms with van der Waals surface area (Å²) in [6.45, 7) is 0. The van der Waals surface area contributed by atoms with Gasteiger partial charge in [-0.15, -0.1) is 0 Å². The zero-order chi connectivity index (χ0) is 24.1. The van der Waals surface area contributed by atoms with Gasteiger partial charge in [-0.1, -0.05) is 23.7 Å². The van der Waals surface area contributed by atoms with Gasteiger partial charge in [-0.25, -0.2) is 13.2 Å². The van der Waals surface area contributed by atoms with Crippen LogP contribution in [0, 0.1) is 17.5 Å². The fraction of sp³-hybridized carbons (Fsp3) is 0.0400. The first-order valence-corrected chi connectivity index (χ1v) is 10.3. The minimum atomic E-state index is -1.34. The van der Waals surface area contributed by atoms with Crippen molar-refractivity contribution in [3.63, 3.8) is 0 Å². The summed E-state index contributed by atoms with van der Waals surface area (Å²) in [6.07, 6.45) is 0. The zero-order valence-corrected chi connectivity index (χ0v) is 17.8. The highest BCUT2D eigenvalue weighted by atomic mass is 35.5. The predicted molar refractivity (Wildman–Crippen MR) is 118 cm³/mol. The molecule has 1 N–H and O–H groups in total. The molecule has 4 aromatic rings. The average molecular weight is 484 g/mol.